The highest BCUT2D eigenvalue weighted by atomic mass is 16.2. The van der Waals surface area contributed by atoms with Crippen LogP contribution in [0.3, 0.4) is 0 Å². The zero-order valence-electron chi connectivity index (χ0n) is 10.4. The van der Waals surface area contributed by atoms with E-state index in [1.54, 1.807) is 0 Å². The van der Waals surface area contributed by atoms with Crippen LogP contribution in [0.25, 0.3) is 0 Å². The molecule has 1 heterocycles. The Bertz CT molecular complexity index is 234. The summed E-state index contributed by atoms with van der Waals surface area (Å²) >= 11 is 0. The van der Waals surface area contributed by atoms with E-state index in [2.05, 4.69) is 17.1 Å². The zero-order chi connectivity index (χ0) is 11.4. The van der Waals surface area contributed by atoms with Gasteiger partial charge in [-0.25, -0.2) is 0 Å². The van der Waals surface area contributed by atoms with Crippen molar-refractivity contribution in [2.45, 2.75) is 51.5 Å². The molecule has 1 aliphatic heterocycles. The Labute approximate surface area is 98.6 Å². The van der Waals surface area contributed by atoms with E-state index < -0.39 is 0 Å². The number of nitrogens with one attached hydrogen (secondary N) is 1. The second-order valence-electron chi connectivity index (χ2n) is 5.16. The molecule has 1 saturated heterocycles. The van der Waals surface area contributed by atoms with Gasteiger partial charge >= 0.3 is 0 Å². The van der Waals surface area contributed by atoms with E-state index in [1.807, 2.05) is 0 Å². The normalized spacial score (nSPS) is 27.3. The molecule has 0 bridgehead atoms. The molecule has 2 rings (SSSR count). The topological polar surface area (TPSA) is 32.3 Å². The maximum atomic E-state index is 12.2. The van der Waals surface area contributed by atoms with E-state index in [0.717, 1.165) is 38.9 Å². The van der Waals surface area contributed by atoms with Crippen LogP contribution in [-0.2, 0) is 4.79 Å². The summed E-state index contributed by atoms with van der Waals surface area (Å²) in [5.41, 5.74) is 0. The third-order valence-electron chi connectivity index (χ3n) is 3.93. The third-order valence-corrected chi connectivity index (χ3v) is 3.93. The zero-order valence-corrected chi connectivity index (χ0v) is 10.4. The summed E-state index contributed by atoms with van der Waals surface area (Å²) in [6.07, 6.45) is 7.14. The van der Waals surface area contributed by atoms with Crippen LogP contribution in [0.1, 0.15) is 45.4 Å². The van der Waals surface area contributed by atoms with Gasteiger partial charge in [-0.05, 0) is 32.2 Å². The van der Waals surface area contributed by atoms with Gasteiger partial charge in [0.25, 0.3) is 0 Å². The molecular weight excluding hydrogens is 200 g/mol. The first-order chi connectivity index (χ1) is 7.81. The number of carbonyl (C=O) groups excluding carboxylic acids is 1. The Morgan fingerprint density at radius 3 is 2.69 bits per heavy atom. The van der Waals surface area contributed by atoms with Gasteiger partial charge < -0.3 is 10.2 Å². The van der Waals surface area contributed by atoms with E-state index in [4.69, 9.17) is 0 Å². The predicted molar refractivity (Wildman–Crippen MR) is 65.2 cm³/mol. The number of amides is 1. The molecule has 1 aliphatic carbocycles. The molecule has 1 N–H and O–H groups in total. The molecule has 1 amide bonds. The van der Waals surface area contributed by atoms with Crippen molar-refractivity contribution in [1.82, 2.24) is 10.2 Å². The van der Waals surface area contributed by atoms with Gasteiger partial charge in [0.05, 0.1) is 0 Å². The minimum absolute atomic E-state index is 0.348. The van der Waals surface area contributed by atoms with Crippen molar-refractivity contribution in [2.24, 2.45) is 5.92 Å². The highest BCUT2D eigenvalue weighted by molar-refractivity contribution is 5.79. The molecule has 92 valence electrons. The van der Waals surface area contributed by atoms with E-state index in [9.17, 15) is 4.79 Å². The first-order valence-corrected chi connectivity index (χ1v) is 6.83. The van der Waals surface area contributed by atoms with Gasteiger partial charge in [-0.1, -0.05) is 19.8 Å². The molecule has 3 nitrogen and oxygen atoms in total. The monoisotopic (exact) mass is 224 g/mol. The predicted octanol–water partition coefficient (Wildman–Crippen LogP) is 1.78. The molecule has 2 aliphatic rings. The van der Waals surface area contributed by atoms with Crippen molar-refractivity contribution in [3.8, 4) is 0 Å². The highest BCUT2D eigenvalue weighted by Crippen LogP contribution is 2.27. The van der Waals surface area contributed by atoms with Crippen LogP contribution < -0.4 is 5.32 Å². The number of nitrogens with zero attached hydrogens (tertiary/aromatic N) is 1. The largest absolute Gasteiger partial charge is 0.341 e. The average molecular weight is 224 g/mol. The lowest BCUT2D eigenvalue weighted by Gasteiger charge is -2.34. The van der Waals surface area contributed by atoms with Crippen LogP contribution >= 0.6 is 0 Å². The van der Waals surface area contributed by atoms with E-state index in [0.29, 0.717) is 17.9 Å². The molecular formula is C13H24N2O. The summed E-state index contributed by atoms with van der Waals surface area (Å²) in [6, 6.07) is 0.532. The Balaban J connectivity index is 1.85. The smallest absolute Gasteiger partial charge is 0.225 e. The van der Waals surface area contributed by atoms with Gasteiger partial charge in [0.2, 0.25) is 5.91 Å². The van der Waals surface area contributed by atoms with E-state index in [-0.39, 0.29) is 0 Å². The van der Waals surface area contributed by atoms with Crippen LogP contribution in [0, 0.1) is 5.92 Å². The minimum Gasteiger partial charge on any atom is -0.341 e. The summed E-state index contributed by atoms with van der Waals surface area (Å²) in [7, 11) is 0. The molecule has 0 spiro atoms. The molecule has 1 saturated carbocycles. The fraction of sp³-hybridized carbons (Fsp3) is 0.923. The molecule has 2 fully saturated rings. The van der Waals surface area contributed by atoms with Crippen molar-refractivity contribution < 1.29 is 4.79 Å². The van der Waals surface area contributed by atoms with Gasteiger partial charge in [0.15, 0.2) is 0 Å². The summed E-state index contributed by atoms with van der Waals surface area (Å²) in [4.78, 5) is 14.4. The molecule has 1 atom stereocenters. The maximum Gasteiger partial charge on any atom is 0.225 e. The molecule has 0 aromatic rings. The fourth-order valence-corrected chi connectivity index (χ4v) is 3.06. The van der Waals surface area contributed by atoms with Crippen molar-refractivity contribution in [2.75, 3.05) is 19.6 Å². The van der Waals surface area contributed by atoms with Crippen LogP contribution in [0.2, 0.25) is 0 Å². The second kappa shape index (κ2) is 5.67. The summed E-state index contributed by atoms with van der Waals surface area (Å²) in [5.74, 6) is 0.778. The number of hydrogen-bond acceptors (Lipinski definition) is 2. The van der Waals surface area contributed by atoms with E-state index in [1.165, 1.54) is 19.3 Å². The number of hydrogen-bond donors (Lipinski definition) is 1. The van der Waals surface area contributed by atoms with Gasteiger partial charge in [-0.15, -0.1) is 0 Å². The van der Waals surface area contributed by atoms with Crippen LogP contribution in [0.15, 0.2) is 0 Å². The van der Waals surface area contributed by atoms with Gasteiger partial charge in [-0.2, -0.15) is 0 Å². The first kappa shape index (κ1) is 11.9. The van der Waals surface area contributed by atoms with Crippen molar-refractivity contribution in [3.05, 3.63) is 0 Å². The molecule has 16 heavy (non-hydrogen) atoms. The Morgan fingerprint density at radius 2 is 2.00 bits per heavy atom. The van der Waals surface area contributed by atoms with E-state index >= 15 is 0 Å². The Kier molecular flexibility index (Phi) is 4.22. The minimum atomic E-state index is 0.348. The number of likely N-dealkylation sites (N-methyl/N-ethyl adjacent to an activating group) is 1. The highest BCUT2D eigenvalue weighted by Gasteiger charge is 2.30. The average Bonchev–Trinajstić information content (AvgIpc) is 2.82. The van der Waals surface area contributed by atoms with Crippen molar-refractivity contribution >= 4 is 5.91 Å². The number of likely N-dealkylation sites (tertiary alicyclic amines) is 1. The van der Waals surface area contributed by atoms with Crippen LogP contribution in [0.5, 0.6) is 0 Å². The number of piperidine rings is 1. The maximum absolute atomic E-state index is 12.2. The molecule has 1 unspecified atom stereocenters. The SMILES string of the molecule is CCNC1CCCN(C(=O)C2CCCC2)C1. The second-order valence-corrected chi connectivity index (χ2v) is 5.16. The molecule has 0 aromatic heterocycles. The lowest BCUT2D eigenvalue weighted by atomic mass is 10.0. The lowest BCUT2D eigenvalue weighted by molar-refractivity contribution is -0.136. The van der Waals surface area contributed by atoms with Gasteiger partial charge in [0, 0.05) is 25.0 Å². The molecule has 3 heteroatoms. The van der Waals surface area contributed by atoms with Gasteiger partial charge in [-0.3, -0.25) is 4.79 Å². The first-order valence-electron chi connectivity index (χ1n) is 6.83. The standard InChI is InChI=1S/C13H24N2O/c1-2-14-12-8-5-9-15(10-12)13(16)11-6-3-4-7-11/h11-12,14H,2-10H2,1H3. The van der Waals surface area contributed by atoms with Crippen LogP contribution in [0.4, 0.5) is 0 Å². The molecule has 0 radical (unpaired) electrons. The van der Waals surface area contributed by atoms with Gasteiger partial charge in [0.1, 0.15) is 0 Å². The number of rotatable bonds is 3. The van der Waals surface area contributed by atoms with Crippen molar-refractivity contribution in [3.63, 3.8) is 0 Å². The summed E-state index contributed by atoms with van der Waals surface area (Å²) < 4.78 is 0. The number of carbonyl (C=O) groups is 1. The van der Waals surface area contributed by atoms with Crippen molar-refractivity contribution in [1.29, 1.82) is 0 Å². The third kappa shape index (κ3) is 2.76. The Morgan fingerprint density at radius 1 is 1.25 bits per heavy atom. The summed E-state index contributed by atoms with van der Waals surface area (Å²) in [6.45, 7) is 5.06. The Hall–Kier alpha value is -0.570. The molecule has 0 aromatic carbocycles. The van der Waals surface area contributed by atoms with Crippen LogP contribution in [-0.4, -0.2) is 36.5 Å². The lowest BCUT2D eigenvalue weighted by Crippen LogP contribution is -2.49. The fourth-order valence-electron chi connectivity index (χ4n) is 3.06. The summed E-state index contributed by atoms with van der Waals surface area (Å²) in [5, 5.41) is 3.47. The quantitative estimate of drug-likeness (QED) is 0.792.